The molecule has 8 nitrogen and oxygen atoms in total. The molecule has 0 bridgehead atoms. The number of hydrogen-bond donors (Lipinski definition) is 3. The van der Waals surface area contributed by atoms with E-state index in [-0.39, 0.29) is 18.0 Å². The van der Waals surface area contributed by atoms with Gasteiger partial charge in [0.1, 0.15) is 5.69 Å². The largest absolute Gasteiger partial charge is 0.465 e. The molecule has 3 N–H and O–H groups in total. The third-order valence-electron chi connectivity index (χ3n) is 4.99. The van der Waals surface area contributed by atoms with Gasteiger partial charge >= 0.3 is 6.09 Å². The maximum absolute atomic E-state index is 13.0. The molecule has 150 valence electrons. The Morgan fingerprint density at radius 2 is 2.21 bits per heavy atom. The quantitative estimate of drug-likeness (QED) is 0.594. The third kappa shape index (κ3) is 4.14. The van der Waals surface area contributed by atoms with E-state index < -0.39 is 6.09 Å². The summed E-state index contributed by atoms with van der Waals surface area (Å²) in [4.78, 5) is 34.0. The van der Waals surface area contributed by atoms with Gasteiger partial charge in [0, 0.05) is 41.8 Å². The van der Waals surface area contributed by atoms with Gasteiger partial charge in [0.05, 0.1) is 17.1 Å². The molecule has 0 unspecified atom stereocenters. The van der Waals surface area contributed by atoms with Crippen LogP contribution in [0.5, 0.6) is 0 Å². The minimum absolute atomic E-state index is 0.0744. The number of aromatic nitrogens is 2. The van der Waals surface area contributed by atoms with Gasteiger partial charge < -0.3 is 20.6 Å². The van der Waals surface area contributed by atoms with E-state index in [9.17, 15) is 9.59 Å². The first-order chi connectivity index (χ1) is 14.0. The molecule has 0 saturated carbocycles. The first-order valence-electron chi connectivity index (χ1n) is 9.35. The first-order valence-corrected chi connectivity index (χ1v) is 10.2. The van der Waals surface area contributed by atoms with E-state index in [0.717, 1.165) is 20.7 Å². The van der Waals surface area contributed by atoms with Gasteiger partial charge in [-0.3, -0.25) is 14.8 Å². The van der Waals surface area contributed by atoms with Crippen LogP contribution in [-0.2, 0) is 0 Å². The summed E-state index contributed by atoms with van der Waals surface area (Å²) in [7, 11) is 0. The average molecular weight is 411 g/mol. The summed E-state index contributed by atoms with van der Waals surface area (Å²) in [5, 5.41) is 16.5. The highest BCUT2D eigenvalue weighted by molar-refractivity contribution is 7.22. The van der Waals surface area contributed by atoms with Gasteiger partial charge in [0.25, 0.3) is 5.91 Å². The fourth-order valence-corrected chi connectivity index (χ4v) is 4.56. The Kier molecular flexibility index (Phi) is 5.30. The van der Waals surface area contributed by atoms with Crippen LogP contribution in [0.25, 0.3) is 10.1 Å². The van der Waals surface area contributed by atoms with Crippen molar-refractivity contribution in [3.8, 4) is 0 Å². The molecule has 3 aromatic heterocycles. The van der Waals surface area contributed by atoms with Gasteiger partial charge in [-0.25, -0.2) is 4.79 Å². The van der Waals surface area contributed by atoms with Gasteiger partial charge in [-0.05, 0) is 37.1 Å². The van der Waals surface area contributed by atoms with Gasteiger partial charge in [-0.1, -0.05) is 6.07 Å². The molecular weight excluding hydrogens is 390 g/mol. The van der Waals surface area contributed by atoms with E-state index in [0.29, 0.717) is 25.2 Å². The number of amides is 2. The molecule has 29 heavy (non-hydrogen) atoms. The van der Waals surface area contributed by atoms with Crippen LogP contribution >= 0.6 is 11.3 Å². The van der Waals surface area contributed by atoms with Crippen molar-refractivity contribution in [1.82, 2.24) is 20.2 Å². The van der Waals surface area contributed by atoms with E-state index >= 15 is 0 Å². The van der Waals surface area contributed by atoms with Gasteiger partial charge in [-0.2, -0.15) is 0 Å². The number of nitrogens with one attached hydrogen (secondary N) is 2. The number of carboxylic acid groups (broad SMARTS) is 1. The highest BCUT2D eigenvalue weighted by atomic mass is 32.1. The predicted molar refractivity (Wildman–Crippen MR) is 111 cm³/mol. The van der Waals surface area contributed by atoms with Crippen molar-refractivity contribution >= 4 is 38.4 Å². The Morgan fingerprint density at radius 3 is 2.97 bits per heavy atom. The number of pyridine rings is 2. The fourth-order valence-electron chi connectivity index (χ4n) is 3.52. The Bertz CT molecular complexity index is 1040. The molecule has 1 fully saturated rings. The van der Waals surface area contributed by atoms with E-state index in [1.165, 1.54) is 0 Å². The van der Waals surface area contributed by atoms with Crippen molar-refractivity contribution in [1.29, 1.82) is 0 Å². The molecule has 9 heteroatoms. The van der Waals surface area contributed by atoms with E-state index in [1.54, 1.807) is 28.6 Å². The number of likely N-dealkylation sites (tertiary alicyclic amines) is 1. The number of carbonyl (C=O) groups is 2. The molecule has 4 rings (SSSR count). The number of carbonyl (C=O) groups excluding carboxylic acids is 1. The van der Waals surface area contributed by atoms with Gasteiger partial charge in [0.2, 0.25) is 0 Å². The molecule has 0 aliphatic carbocycles. The lowest BCUT2D eigenvalue weighted by molar-refractivity contribution is 0.0785. The number of thiophene rings is 1. The predicted octanol–water partition coefficient (Wildman–Crippen LogP) is 3.35. The summed E-state index contributed by atoms with van der Waals surface area (Å²) in [6.45, 7) is 2.93. The fraction of sp³-hybridized carbons (Fsp3) is 0.300. The second-order valence-corrected chi connectivity index (χ2v) is 8.10. The standard InChI is InChI=1S/C20H21N5O3S/c1-12(13-3-2-6-21-10-13)23-17-9-15-16(29-17)4-7-22-18(15)19(26)25-8-5-14(11-25)24-20(27)28/h2-4,6-7,9-10,12,14,23-24H,5,8,11H2,1H3,(H,27,28)/t12-,14+/m0/s1. The van der Waals surface area contributed by atoms with Crippen molar-refractivity contribution < 1.29 is 14.7 Å². The highest BCUT2D eigenvalue weighted by Gasteiger charge is 2.29. The van der Waals surface area contributed by atoms with Crippen LogP contribution < -0.4 is 10.6 Å². The Labute approximate surface area is 171 Å². The topological polar surface area (TPSA) is 107 Å². The molecule has 0 spiro atoms. The highest BCUT2D eigenvalue weighted by Crippen LogP contribution is 2.34. The molecule has 0 aromatic carbocycles. The molecule has 3 aromatic rings. The van der Waals surface area contributed by atoms with Crippen LogP contribution in [-0.4, -0.2) is 51.1 Å². The lowest BCUT2D eigenvalue weighted by Crippen LogP contribution is -2.37. The molecule has 2 atom stereocenters. The molecule has 0 radical (unpaired) electrons. The van der Waals surface area contributed by atoms with Crippen LogP contribution in [0.15, 0.2) is 42.9 Å². The normalized spacial score (nSPS) is 17.3. The number of anilines is 1. The van der Waals surface area contributed by atoms with Gasteiger partial charge in [0.15, 0.2) is 0 Å². The van der Waals surface area contributed by atoms with Crippen LogP contribution in [0.4, 0.5) is 9.80 Å². The molecule has 1 aliphatic rings. The maximum Gasteiger partial charge on any atom is 0.404 e. The monoisotopic (exact) mass is 411 g/mol. The van der Waals surface area contributed by atoms with E-state index in [2.05, 4.69) is 27.5 Å². The third-order valence-corrected chi connectivity index (χ3v) is 6.03. The average Bonchev–Trinajstić information content (AvgIpc) is 3.33. The van der Waals surface area contributed by atoms with Crippen LogP contribution in [0.3, 0.4) is 0 Å². The molecule has 1 aliphatic heterocycles. The van der Waals surface area contributed by atoms with Crippen LogP contribution in [0, 0.1) is 0 Å². The minimum Gasteiger partial charge on any atom is -0.465 e. The van der Waals surface area contributed by atoms with E-state index in [1.807, 2.05) is 30.5 Å². The van der Waals surface area contributed by atoms with Crippen LogP contribution in [0.1, 0.15) is 35.4 Å². The summed E-state index contributed by atoms with van der Waals surface area (Å²) in [6.07, 6.45) is 4.75. The Morgan fingerprint density at radius 1 is 1.34 bits per heavy atom. The summed E-state index contributed by atoms with van der Waals surface area (Å²) in [6, 6.07) is 7.61. The zero-order chi connectivity index (χ0) is 20.4. The Hall–Kier alpha value is -3.20. The number of hydrogen-bond acceptors (Lipinski definition) is 6. The zero-order valence-electron chi connectivity index (χ0n) is 15.8. The first kappa shape index (κ1) is 19.1. The second kappa shape index (κ2) is 8.04. The second-order valence-electron chi connectivity index (χ2n) is 7.02. The van der Waals surface area contributed by atoms with Crippen molar-refractivity contribution in [3.05, 3.63) is 54.1 Å². The molecular formula is C20H21N5O3S. The number of fused-ring (bicyclic) bond motifs is 1. The summed E-state index contributed by atoms with van der Waals surface area (Å²) in [5.74, 6) is -0.171. The van der Waals surface area contributed by atoms with E-state index in [4.69, 9.17) is 5.11 Å². The molecule has 4 heterocycles. The maximum atomic E-state index is 13.0. The summed E-state index contributed by atoms with van der Waals surface area (Å²) in [5.41, 5.74) is 1.48. The molecule has 2 amide bonds. The van der Waals surface area contributed by atoms with Gasteiger partial charge in [-0.15, -0.1) is 11.3 Å². The van der Waals surface area contributed by atoms with Crippen molar-refractivity contribution in [2.45, 2.75) is 25.4 Å². The van der Waals surface area contributed by atoms with Crippen LogP contribution in [0.2, 0.25) is 0 Å². The lowest BCUT2D eigenvalue weighted by atomic mass is 10.1. The number of rotatable bonds is 5. The lowest BCUT2D eigenvalue weighted by Gasteiger charge is -2.16. The van der Waals surface area contributed by atoms with Crippen molar-refractivity contribution in [2.75, 3.05) is 18.4 Å². The number of nitrogens with zero attached hydrogens (tertiary/aromatic N) is 3. The SMILES string of the molecule is C[C@H](Nc1cc2c(C(=O)N3CC[C@@H](NC(=O)O)C3)nccc2s1)c1cccnc1. The smallest absolute Gasteiger partial charge is 0.404 e. The van der Waals surface area contributed by atoms with Crippen molar-refractivity contribution in [3.63, 3.8) is 0 Å². The summed E-state index contributed by atoms with van der Waals surface area (Å²) < 4.78 is 0.976. The molecule has 1 saturated heterocycles. The zero-order valence-corrected chi connectivity index (χ0v) is 16.6. The van der Waals surface area contributed by atoms with Crippen molar-refractivity contribution in [2.24, 2.45) is 0 Å². The summed E-state index contributed by atoms with van der Waals surface area (Å²) >= 11 is 1.57. The minimum atomic E-state index is -1.07. The Balaban J connectivity index is 1.54.